The smallest absolute Gasteiger partial charge is 0.340 e. The van der Waals surface area contributed by atoms with Crippen molar-refractivity contribution < 1.29 is 14.3 Å². The zero-order valence-corrected chi connectivity index (χ0v) is 15.6. The molecule has 0 aliphatic rings. The number of rotatable bonds is 6. The van der Waals surface area contributed by atoms with E-state index in [9.17, 15) is 9.59 Å². The van der Waals surface area contributed by atoms with Gasteiger partial charge in [0, 0.05) is 18.9 Å². The topological polar surface area (TPSA) is 84.4 Å². The maximum Gasteiger partial charge on any atom is 0.340 e. The SMILES string of the molecule is CCOC(=O)c1ccccc1NC(=O)c1ccnc(N(C)c2ccccc2)n1. The van der Waals surface area contributed by atoms with Crippen molar-refractivity contribution in [3.05, 3.63) is 78.1 Å². The van der Waals surface area contributed by atoms with Gasteiger partial charge in [0.1, 0.15) is 5.69 Å². The largest absolute Gasteiger partial charge is 0.462 e. The average molecular weight is 376 g/mol. The van der Waals surface area contributed by atoms with E-state index in [4.69, 9.17) is 4.74 Å². The second-order valence-electron chi connectivity index (χ2n) is 5.86. The molecule has 0 radical (unpaired) electrons. The Balaban J connectivity index is 1.82. The van der Waals surface area contributed by atoms with Crippen molar-refractivity contribution in [1.82, 2.24) is 9.97 Å². The van der Waals surface area contributed by atoms with E-state index in [0.717, 1.165) is 5.69 Å². The van der Waals surface area contributed by atoms with Crippen LogP contribution >= 0.6 is 0 Å². The number of aromatic nitrogens is 2. The zero-order chi connectivity index (χ0) is 19.9. The first kappa shape index (κ1) is 19.0. The molecule has 1 amide bonds. The molecule has 1 aromatic heterocycles. The lowest BCUT2D eigenvalue weighted by Crippen LogP contribution is -2.19. The predicted octanol–water partition coefficient (Wildman–Crippen LogP) is 3.67. The Morgan fingerprint density at radius 3 is 2.50 bits per heavy atom. The maximum absolute atomic E-state index is 12.7. The molecule has 0 spiro atoms. The van der Waals surface area contributed by atoms with Gasteiger partial charge in [0.05, 0.1) is 17.9 Å². The third kappa shape index (κ3) is 4.32. The first-order valence-electron chi connectivity index (χ1n) is 8.79. The number of esters is 1. The summed E-state index contributed by atoms with van der Waals surface area (Å²) in [5, 5.41) is 2.72. The summed E-state index contributed by atoms with van der Waals surface area (Å²) in [4.78, 5) is 35.1. The van der Waals surface area contributed by atoms with E-state index in [2.05, 4.69) is 15.3 Å². The Bertz CT molecular complexity index is 976. The minimum atomic E-state index is -0.495. The highest BCUT2D eigenvalue weighted by Crippen LogP contribution is 2.20. The molecule has 3 aromatic rings. The molecule has 1 heterocycles. The van der Waals surface area contributed by atoms with Crippen LogP contribution in [0.5, 0.6) is 0 Å². The summed E-state index contributed by atoms with van der Waals surface area (Å²) in [5.41, 5.74) is 1.73. The molecule has 0 unspecified atom stereocenters. The van der Waals surface area contributed by atoms with Crippen LogP contribution in [0.2, 0.25) is 0 Å². The van der Waals surface area contributed by atoms with Gasteiger partial charge < -0.3 is 15.0 Å². The number of ether oxygens (including phenoxy) is 1. The van der Waals surface area contributed by atoms with E-state index in [1.807, 2.05) is 37.4 Å². The van der Waals surface area contributed by atoms with Crippen molar-refractivity contribution in [2.75, 3.05) is 23.9 Å². The molecule has 0 fully saturated rings. The molecule has 7 heteroatoms. The molecular weight excluding hydrogens is 356 g/mol. The monoisotopic (exact) mass is 376 g/mol. The van der Waals surface area contributed by atoms with Crippen LogP contribution in [0.25, 0.3) is 0 Å². The van der Waals surface area contributed by atoms with E-state index in [1.54, 1.807) is 36.1 Å². The highest BCUT2D eigenvalue weighted by molar-refractivity contribution is 6.07. The van der Waals surface area contributed by atoms with Gasteiger partial charge in [0.25, 0.3) is 5.91 Å². The van der Waals surface area contributed by atoms with Gasteiger partial charge in [-0.3, -0.25) is 4.79 Å². The standard InChI is InChI=1S/C21H20N4O3/c1-3-28-20(27)16-11-7-8-12-17(16)23-19(26)18-13-14-22-21(24-18)25(2)15-9-5-4-6-10-15/h4-14H,3H2,1-2H3,(H,23,26). The van der Waals surface area contributed by atoms with Crippen molar-refractivity contribution in [1.29, 1.82) is 0 Å². The molecule has 2 aromatic carbocycles. The first-order valence-corrected chi connectivity index (χ1v) is 8.79. The van der Waals surface area contributed by atoms with E-state index >= 15 is 0 Å². The number of carbonyl (C=O) groups is 2. The Morgan fingerprint density at radius 1 is 1.04 bits per heavy atom. The number of anilines is 3. The summed E-state index contributed by atoms with van der Waals surface area (Å²) in [6.45, 7) is 1.98. The first-order chi connectivity index (χ1) is 13.6. The zero-order valence-electron chi connectivity index (χ0n) is 15.6. The quantitative estimate of drug-likeness (QED) is 0.661. The van der Waals surface area contributed by atoms with E-state index in [0.29, 0.717) is 11.6 Å². The lowest BCUT2D eigenvalue weighted by atomic mass is 10.1. The summed E-state index contributed by atoms with van der Waals surface area (Å²) in [5.74, 6) is -0.551. The third-order valence-corrected chi connectivity index (χ3v) is 3.99. The molecule has 7 nitrogen and oxygen atoms in total. The molecule has 0 saturated heterocycles. The van der Waals surface area contributed by atoms with Crippen molar-refractivity contribution in [2.24, 2.45) is 0 Å². The van der Waals surface area contributed by atoms with E-state index in [1.165, 1.54) is 12.3 Å². The van der Waals surface area contributed by atoms with E-state index in [-0.39, 0.29) is 17.9 Å². The van der Waals surface area contributed by atoms with Crippen molar-refractivity contribution in [2.45, 2.75) is 6.92 Å². The fraction of sp³-hybridized carbons (Fsp3) is 0.143. The fourth-order valence-electron chi connectivity index (χ4n) is 2.57. The molecule has 0 aliphatic heterocycles. The minimum absolute atomic E-state index is 0.187. The number of hydrogen-bond donors (Lipinski definition) is 1. The second kappa shape index (κ2) is 8.77. The van der Waals surface area contributed by atoms with Gasteiger partial charge in [0.2, 0.25) is 5.95 Å². The Kier molecular flexibility index (Phi) is 5.96. The lowest BCUT2D eigenvalue weighted by molar-refractivity contribution is 0.0527. The summed E-state index contributed by atoms with van der Waals surface area (Å²) >= 11 is 0. The normalized spacial score (nSPS) is 10.2. The number of nitrogens with one attached hydrogen (secondary N) is 1. The lowest BCUT2D eigenvalue weighted by Gasteiger charge is -2.17. The molecule has 3 rings (SSSR count). The van der Waals surface area contributed by atoms with Crippen LogP contribution in [-0.4, -0.2) is 35.5 Å². The van der Waals surface area contributed by atoms with Crippen LogP contribution < -0.4 is 10.2 Å². The average Bonchev–Trinajstić information content (AvgIpc) is 2.74. The molecular formula is C21H20N4O3. The number of nitrogens with zero attached hydrogens (tertiary/aromatic N) is 3. The summed E-state index contributed by atoms with van der Waals surface area (Å²) < 4.78 is 5.03. The third-order valence-electron chi connectivity index (χ3n) is 3.99. The van der Waals surface area contributed by atoms with Gasteiger partial charge in [-0.2, -0.15) is 0 Å². The van der Waals surface area contributed by atoms with Crippen molar-refractivity contribution >= 4 is 29.2 Å². The van der Waals surface area contributed by atoms with Crippen LogP contribution in [0.4, 0.5) is 17.3 Å². The Morgan fingerprint density at radius 2 is 1.75 bits per heavy atom. The van der Waals surface area contributed by atoms with Gasteiger partial charge in [-0.25, -0.2) is 14.8 Å². The summed E-state index contributed by atoms with van der Waals surface area (Å²) in [6, 6.07) is 17.8. The van der Waals surface area contributed by atoms with Crippen LogP contribution in [0.3, 0.4) is 0 Å². The Labute approximate surface area is 163 Å². The number of benzene rings is 2. The van der Waals surface area contributed by atoms with Gasteiger partial charge in [-0.15, -0.1) is 0 Å². The minimum Gasteiger partial charge on any atom is -0.462 e. The molecule has 28 heavy (non-hydrogen) atoms. The molecule has 0 aliphatic carbocycles. The fourth-order valence-corrected chi connectivity index (χ4v) is 2.57. The van der Waals surface area contributed by atoms with Crippen LogP contribution in [0.15, 0.2) is 66.9 Å². The van der Waals surface area contributed by atoms with Crippen LogP contribution in [-0.2, 0) is 4.74 Å². The number of para-hydroxylation sites is 2. The predicted molar refractivity (Wildman–Crippen MR) is 107 cm³/mol. The van der Waals surface area contributed by atoms with Crippen LogP contribution in [0.1, 0.15) is 27.8 Å². The van der Waals surface area contributed by atoms with Gasteiger partial charge >= 0.3 is 5.97 Å². The number of carbonyl (C=O) groups excluding carboxylic acids is 2. The molecule has 0 saturated carbocycles. The van der Waals surface area contributed by atoms with Gasteiger partial charge in [-0.05, 0) is 37.3 Å². The molecule has 0 bridgehead atoms. The van der Waals surface area contributed by atoms with E-state index < -0.39 is 11.9 Å². The Hall–Kier alpha value is -3.74. The highest BCUT2D eigenvalue weighted by Gasteiger charge is 2.17. The molecule has 0 atom stereocenters. The molecule has 1 N–H and O–H groups in total. The highest BCUT2D eigenvalue weighted by atomic mass is 16.5. The van der Waals surface area contributed by atoms with Crippen molar-refractivity contribution in [3.63, 3.8) is 0 Å². The summed E-state index contributed by atoms with van der Waals surface area (Å²) in [7, 11) is 1.82. The second-order valence-corrected chi connectivity index (χ2v) is 5.86. The van der Waals surface area contributed by atoms with Crippen molar-refractivity contribution in [3.8, 4) is 0 Å². The molecule has 142 valence electrons. The summed E-state index contributed by atoms with van der Waals surface area (Å²) in [6.07, 6.45) is 1.52. The number of hydrogen-bond acceptors (Lipinski definition) is 6. The maximum atomic E-state index is 12.7. The van der Waals surface area contributed by atoms with Gasteiger partial charge in [-0.1, -0.05) is 30.3 Å². The van der Waals surface area contributed by atoms with Crippen LogP contribution in [0, 0.1) is 0 Å². The van der Waals surface area contributed by atoms with Gasteiger partial charge in [0.15, 0.2) is 0 Å². The number of amides is 1.